The van der Waals surface area contributed by atoms with E-state index in [1.807, 2.05) is 27.7 Å². The van der Waals surface area contributed by atoms with Gasteiger partial charge in [-0.15, -0.1) is 10.2 Å². The monoisotopic (exact) mass is 592 g/mol. The van der Waals surface area contributed by atoms with Crippen molar-refractivity contribution in [2.75, 3.05) is 30.3 Å². The van der Waals surface area contributed by atoms with Crippen LogP contribution in [0, 0.1) is 12.3 Å². The molecule has 2 aliphatic rings. The molecular weight excluding hydrogens is 560 g/mol. The Morgan fingerprint density at radius 1 is 1.30 bits per heavy atom. The van der Waals surface area contributed by atoms with E-state index in [4.69, 9.17) is 31.8 Å². The van der Waals surface area contributed by atoms with E-state index in [1.165, 1.54) is 23.0 Å². The first-order valence-corrected chi connectivity index (χ1v) is 14.8. The predicted molar refractivity (Wildman–Crippen MR) is 147 cm³/mol. The van der Waals surface area contributed by atoms with Crippen LogP contribution in [0.15, 0.2) is 28.5 Å². The molecule has 2 saturated heterocycles. The number of carbonyl (C=O) groups is 1. The van der Waals surface area contributed by atoms with Crippen molar-refractivity contribution in [1.29, 1.82) is 0 Å². The van der Waals surface area contributed by atoms with Crippen molar-refractivity contribution in [2.24, 2.45) is 5.41 Å². The van der Waals surface area contributed by atoms with Gasteiger partial charge in [0.2, 0.25) is 15.5 Å². The second-order valence-corrected chi connectivity index (χ2v) is 13.6. The van der Waals surface area contributed by atoms with Gasteiger partial charge in [-0.3, -0.25) is 4.40 Å². The molecule has 0 unspecified atom stereocenters. The number of halogens is 1. The Morgan fingerprint density at radius 3 is 2.67 bits per heavy atom. The molecule has 216 valence electrons. The third-order valence-electron chi connectivity index (χ3n) is 7.47. The van der Waals surface area contributed by atoms with Crippen LogP contribution in [0.2, 0.25) is 5.02 Å². The number of nitrogen functional groups attached to an aromatic ring is 1. The number of anilines is 2. The zero-order valence-electron chi connectivity index (χ0n) is 23.0. The van der Waals surface area contributed by atoms with Crippen LogP contribution in [0.1, 0.15) is 46.2 Å². The lowest BCUT2D eigenvalue weighted by atomic mass is 9.73. The van der Waals surface area contributed by atoms with Crippen LogP contribution in [0.25, 0.3) is 5.65 Å². The smallest absolute Gasteiger partial charge is 0.407 e. The van der Waals surface area contributed by atoms with E-state index < -0.39 is 21.5 Å². The van der Waals surface area contributed by atoms with Gasteiger partial charge in [0.25, 0.3) is 0 Å². The summed E-state index contributed by atoms with van der Waals surface area (Å²) in [5, 5.41) is 11.0. The summed E-state index contributed by atoms with van der Waals surface area (Å²) in [5.41, 5.74) is 5.46. The van der Waals surface area contributed by atoms with Gasteiger partial charge in [0.15, 0.2) is 10.8 Å². The highest BCUT2D eigenvalue weighted by Crippen LogP contribution is 2.43. The van der Waals surface area contributed by atoms with Gasteiger partial charge in [-0.2, -0.15) is 0 Å². The molecule has 3 aromatic heterocycles. The third-order valence-corrected chi connectivity index (χ3v) is 9.90. The molecule has 3 aromatic rings. The molecule has 2 atom stereocenters. The zero-order chi connectivity index (χ0) is 29.0. The molecule has 15 heteroatoms. The van der Waals surface area contributed by atoms with E-state index in [2.05, 4.69) is 25.4 Å². The Hall–Kier alpha value is -3.23. The van der Waals surface area contributed by atoms with Crippen molar-refractivity contribution in [3.63, 3.8) is 0 Å². The minimum absolute atomic E-state index is 0.0862. The molecular formula is C25H33ClN8O5S. The van der Waals surface area contributed by atoms with Crippen molar-refractivity contribution in [2.45, 2.75) is 75.1 Å². The molecule has 0 aromatic carbocycles. The number of hydrogen-bond donors (Lipinski definition) is 2. The number of aromatic nitrogens is 5. The van der Waals surface area contributed by atoms with E-state index in [-0.39, 0.29) is 44.0 Å². The van der Waals surface area contributed by atoms with E-state index in [0.717, 1.165) is 0 Å². The Bertz CT molecular complexity index is 1560. The van der Waals surface area contributed by atoms with Crippen molar-refractivity contribution >= 4 is 44.8 Å². The summed E-state index contributed by atoms with van der Waals surface area (Å²) in [6, 6.07) is 1.09. The first-order valence-electron chi connectivity index (χ1n) is 12.9. The van der Waals surface area contributed by atoms with Gasteiger partial charge in [-0.25, -0.2) is 23.2 Å². The van der Waals surface area contributed by atoms with Gasteiger partial charge < -0.3 is 25.4 Å². The number of nitrogens with zero attached hydrogens (tertiary/aromatic N) is 6. The molecule has 1 amide bonds. The molecule has 0 bridgehead atoms. The summed E-state index contributed by atoms with van der Waals surface area (Å²) in [5.74, 6) is 0.435. The van der Waals surface area contributed by atoms with Crippen LogP contribution >= 0.6 is 11.6 Å². The SMILES string of the molecule is Cc1nc(N2CCC3(CC2)CO[C@@H](C)[C@H]3NC(=O)OC(C)(C)C)c2nncn2c1S(=O)(=O)c1ccnc(N)c1Cl. The highest BCUT2D eigenvalue weighted by molar-refractivity contribution is 7.91. The maximum atomic E-state index is 13.7. The molecule has 5 heterocycles. The minimum Gasteiger partial charge on any atom is -0.444 e. The number of rotatable bonds is 4. The van der Waals surface area contributed by atoms with Crippen LogP contribution in [0.5, 0.6) is 0 Å². The molecule has 40 heavy (non-hydrogen) atoms. The number of pyridine rings is 1. The molecule has 5 rings (SSSR count). The standard InChI is InChI=1S/C25H33ClN8O5S/c1-14-22(40(36,37)16-6-9-28-19(27)17(16)26)34-13-29-32-21(34)20(30-14)33-10-7-25(8-11-33)12-38-15(2)18(25)31-23(35)39-24(3,4)5/h6,9,13,15,18H,7-8,10-12H2,1-5H3,(H2,27,28)(H,31,35)/t15-,18+/m0/s1. The van der Waals surface area contributed by atoms with Crippen LogP contribution in [0.3, 0.4) is 0 Å². The van der Waals surface area contributed by atoms with Crippen LogP contribution < -0.4 is 16.0 Å². The fourth-order valence-corrected chi connectivity index (χ4v) is 7.59. The van der Waals surface area contributed by atoms with Crippen molar-refractivity contribution in [3.05, 3.63) is 29.3 Å². The maximum absolute atomic E-state index is 13.7. The number of amides is 1. The number of hydrogen-bond acceptors (Lipinski definition) is 11. The summed E-state index contributed by atoms with van der Waals surface area (Å²) in [6.45, 7) is 10.8. The average Bonchev–Trinajstić information content (AvgIpc) is 3.45. The molecule has 0 aliphatic carbocycles. The average molecular weight is 593 g/mol. The molecule has 13 nitrogen and oxygen atoms in total. The minimum atomic E-state index is -4.14. The van der Waals surface area contributed by atoms with Crippen LogP contribution in [0.4, 0.5) is 16.4 Å². The number of nitrogens with one attached hydrogen (secondary N) is 1. The molecule has 3 N–H and O–H groups in total. The number of carbonyl (C=O) groups excluding carboxylic acids is 1. The lowest BCUT2D eigenvalue weighted by molar-refractivity contribution is 0.0434. The number of fused-ring (bicyclic) bond motifs is 1. The van der Waals surface area contributed by atoms with Crippen LogP contribution in [-0.2, 0) is 19.3 Å². The van der Waals surface area contributed by atoms with E-state index >= 15 is 0 Å². The van der Waals surface area contributed by atoms with Crippen molar-refractivity contribution in [3.8, 4) is 0 Å². The zero-order valence-corrected chi connectivity index (χ0v) is 24.6. The number of nitrogens with two attached hydrogens (primary N) is 1. The number of piperidine rings is 1. The molecule has 0 saturated carbocycles. The second kappa shape index (κ2) is 10.00. The first-order chi connectivity index (χ1) is 18.7. The summed E-state index contributed by atoms with van der Waals surface area (Å²) >= 11 is 6.22. The highest BCUT2D eigenvalue weighted by atomic mass is 35.5. The summed E-state index contributed by atoms with van der Waals surface area (Å²) in [7, 11) is -4.14. The number of alkyl carbamates (subject to hydrolysis) is 1. The van der Waals surface area contributed by atoms with E-state index in [9.17, 15) is 13.2 Å². The first kappa shape index (κ1) is 28.3. The number of ether oxygens (including phenoxy) is 2. The normalized spacial score (nSPS) is 21.2. The lowest BCUT2D eigenvalue weighted by Crippen LogP contribution is -2.55. The summed E-state index contributed by atoms with van der Waals surface area (Å²) in [4.78, 5) is 23.0. The van der Waals surface area contributed by atoms with Gasteiger partial charge >= 0.3 is 6.09 Å². The lowest BCUT2D eigenvalue weighted by Gasteiger charge is -2.43. The van der Waals surface area contributed by atoms with Crippen LogP contribution in [-0.4, -0.2) is 76.5 Å². The Balaban J connectivity index is 1.43. The van der Waals surface area contributed by atoms with Gasteiger partial charge in [-0.1, -0.05) is 11.6 Å². The highest BCUT2D eigenvalue weighted by Gasteiger charge is 2.51. The Labute approximate surface area is 237 Å². The fraction of sp³-hybridized carbons (Fsp3) is 0.560. The number of aryl methyl sites for hydroxylation is 1. The summed E-state index contributed by atoms with van der Waals surface area (Å²) in [6.07, 6.45) is 3.43. The maximum Gasteiger partial charge on any atom is 0.407 e. The van der Waals surface area contributed by atoms with Gasteiger partial charge in [0.05, 0.1) is 29.3 Å². The number of sulfone groups is 1. The molecule has 2 fully saturated rings. The van der Waals surface area contributed by atoms with E-state index in [1.54, 1.807) is 6.92 Å². The fourth-order valence-electron chi connectivity index (χ4n) is 5.56. The topological polar surface area (TPSA) is 167 Å². The third kappa shape index (κ3) is 4.92. The van der Waals surface area contributed by atoms with Gasteiger partial charge in [-0.05, 0) is 53.5 Å². The quantitative estimate of drug-likeness (QED) is 0.457. The predicted octanol–water partition coefficient (Wildman–Crippen LogP) is 2.79. The molecule has 2 aliphatic heterocycles. The Morgan fingerprint density at radius 2 is 2.00 bits per heavy atom. The summed E-state index contributed by atoms with van der Waals surface area (Å²) < 4.78 is 40.3. The van der Waals surface area contributed by atoms with E-state index in [0.29, 0.717) is 44.0 Å². The van der Waals surface area contributed by atoms with Crippen molar-refractivity contribution < 1.29 is 22.7 Å². The van der Waals surface area contributed by atoms with Gasteiger partial charge in [0.1, 0.15) is 22.8 Å². The van der Waals surface area contributed by atoms with Crippen molar-refractivity contribution in [1.82, 2.24) is 29.9 Å². The second-order valence-electron chi connectivity index (χ2n) is 11.4. The van der Waals surface area contributed by atoms with Gasteiger partial charge in [0, 0.05) is 24.7 Å². The molecule has 0 radical (unpaired) electrons. The largest absolute Gasteiger partial charge is 0.444 e. The Kier molecular flexibility index (Phi) is 7.07. The molecule has 1 spiro atoms.